The fourth-order valence-electron chi connectivity index (χ4n) is 1.61. The number of rotatable bonds is 0. The predicted octanol–water partition coefficient (Wildman–Crippen LogP) is 1.05. The van der Waals surface area contributed by atoms with Crippen LogP contribution in [0.15, 0.2) is 6.20 Å². The van der Waals surface area contributed by atoms with Gasteiger partial charge in [-0.05, 0) is 12.3 Å². The van der Waals surface area contributed by atoms with Gasteiger partial charge in [0.15, 0.2) is 0 Å². The fraction of sp³-hybridized carbons (Fsp3) is 0.625. The molecule has 0 aliphatic carbocycles. The van der Waals surface area contributed by atoms with Crippen LogP contribution < -0.4 is 5.73 Å². The molecular formula is C8H13N3. The molecule has 1 atom stereocenters. The van der Waals surface area contributed by atoms with Crippen LogP contribution in [0.25, 0.3) is 0 Å². The largest absolute Gasteiger partial charge is 0.382 e. The van der Waals surface area contributed by atoms with Gasteiger partial charge in [0, 0.05) is 19.2 Å². The smallest absolute Gasteiger partial charge is 0.141 e. The first-order chi connectivity index (χ1) is 5.25. The number of aryl methyl sites for hydroxylation is 1. The lowest BCUT2D eigenvalue weighted by atomic mass is 10.0. The number of imidazole rings is 1. The van der Waals surface area contributed by atoms with Crippen LogP contribution >= 0.6 is 0 Å². The van der Waals surface area contributed by atoms with Gasteiger partial charge in [0.1, 0.15) is 11.6 Å². The zero-order valence-electron chi connectivity index (χ0n) is 6.75. The molecule has 1 aromatic heterocycles. The van der Waals surface area contributed by atoms with E-state index in [1.807, 2.05) is 6.20 Å². The van der Waals surface area contributed by atoms with E-state index in [2.05, 4.69) is 16.5 Å². The van der Waals surface area contributed by atoms with Crippen molar-refractivity contribution in [2.24, 2.45) is 5.92 Å². The molecule has 1 aliphatic heterocycles. The molecule has 0 bridgehead atoms. The van der Waals surface area contributed by atoms with Gasteiger partial charge in [0.05, 0.1) is 0 Å². The summed E-state index contributed by atoms with van der Waals surface area (Å²) in [5.74, 6) is 2.58. The molecule has 0 amide bonds. The van der Waals surface area contributed by atoms with E-state index in [-0.39, 0.29) is 0 Å². The highest BCUT2D eigenvalue weighted by Gasteiger charge is 2.15. The van der Waals surface area contributed by atoms with Crippen LogP contribution in [0.1, 0.15) is 19.2 Å². The van der Waals surface area contributed by atoms with Crippen molar-refractivity contribution in [1.29, 1.82) is 0 Å². The summed E-state index contributed by atoms with van der Waals surface area (Å²) in [6.07, 6.45) is 4.27. The molecule has 1 aliphatic rings. The zero-order chi connectivity index (χ0) is 7.84. The molecule has 0 unspecified atom stereocenters. The number of anilines is 1. The lowest BCUT2D eigenvalue weighted by Gasteiger charge is -2.18. The molecule has 3 heteroatoms. The zero-order valence-corrected chi connectivity index (χ0v) is 6.75. The molecule has 0 fully saturated rings. The highest BCUT2D eigenvalue weighted by Crippen LogP contribution is 2.19. The number of fused-ring (bicyclic) bond motifs is 1. The van der Waals surface area contributed by atoms with E-state index in [1.165, 1.54) is 6.42 Å². The molecule has 2 rings (SSSR count). The first-order valence-electron chi connectivity index (χ1n) is 4.07. The van der Waals surface area contributed by atoms with E-state index in [0.29, 0.717) is 5.82 Å². The highest BCUT2D eigenvalue weighted by atomic mass is 15.1. The van der Waals surface area contributed by atoms with Gasteiger partial charge < -0.3 is 10.3 Å². The van der Waals surface area contributed by atoms with Gasteiger partial charge in [0.2, 0.25) is 0 Å². The number of aromatic nitrogens is 2. The summed E-state index contributed by atoms with van der Waals surface area (Å²) in [7, 11) is 0. The molecule has 0 aromatic carbocycles. The lowest BCUT2D eigenvalue weighted by Crippen LogP contribution is -2.16. The minimum absolute atomic E-state index is 0.661. The maximum absolute atomic E-state index is 5.57. The van der Waals surface area contributed by atoms with E-state index in [4.69, 9.17) is 5.73 Å². The Morgan fingerprint density at radius 3 is 3.36 bits per heavy atom. The van der Waals surface area contributed by atoms with Gasteiger partial charge in [-0.25, -0.2) is 4.98 Å². The van der Waals surface area contributed by atoms with Crippen LogP contribution in [-0.2, 0) is 13.0 Å². The predicted molar refractivity (Wildman–Crippen MR) is 44.1 cm³/mol. The summed E-state index contributed by atoms with van der Waals surface area (Å²) < 4.78 is 2.16. The van der Waals surface area contributed by atoms with Crippen molar-refractivity contribution >= 4 is 5.82 Å². The Balaban J connectivity index is 2.34. The Kier molecular flexibility index (Phi) is 1.37. The minimum Gasteiger partial charge on any atom is -0.382 e. The molecule has 2 heterocycles. The average Bonchev–Trinajstić information content (AvgIpc) is 2.27. The minimum atomic E-state index is 0.661. The van der Waals surface area contributed by atoms with E-state index in [1.54, 1.807) is 0 Å². The van der Waals surface area contributed by atoms with E-state index < -0.39 is 0 Å². The van der Waals surface area contributed by atoms with E-state index in [0.717, 1.165) is 24.7 Å². The first-order valence-corrected chi connectivity index (χ1v) is 4.07. The van der Waals surface area contributed by atoms with Crippen LogP contribution in [0.4, 0.5) is 5.82 Å². The second-order valence-electron chi connectivity index (χ2n) is 3.37. The van der Waals surface area contributed by atoms with Crippen molar-refractivity contribution in [2.75, 3.05) is 5.73 Å². The second kappa shape index (κ2) is 2.26. The molecule has 0 spiro atoms. The molecule has 0 saturated heterocycles. The standard InChI is InChI=1S/C8H13N3/c1-6-2-3-11-5-7(9)10-8(11)4-6/h5-6H,2-4,9H2,1H3/t6-/m0/s1. The van der Waals surface area contributed by atoms with Crippen molar-refractivity contribution in [3.05, 3.63) is 12.0 Å². The Hall–Kier alpha value is -0.990. The summed E-state index contributed by atoms with van der Waals surface area (Å²) >= 11 is 0. The Labute approximate surface area is 66.2 Å². The Morgan fingerprint density at radius 2 is 2.55 bits per heavy atom. The number of hydrogen-bond donors (Lipinski definition) is 1. The highest BCUT2D eigenvalue weighted by molar-refractivity contribution is 5.26. The Bertz CT molecular complexity index is 264. The van der Waals surface area contributed by atoms with E-state index >= 15 is 0 Å². The summed E-state index contributed by atoms with van der Waals surface area (Å²) in [4.78, 5) is 4.24. The number of nitrogen functional groups attached to an aromatic ring is 1. The van der Waals surface area contributed by atoms with Crippen LogP contribution in [0.3, 0.4) is 0 Å². The van der Waals surface area contributed by atoms with Crippen LogP contribution in [0.5, 0.6) is 0 Å². The summed E-state index contributed by atoms with van der Waals surface area (Å²) in [5, 5.41) is 0. The number of nitrogens with two attached hydrogens (primary N) is 1. The van der Waals surface area contributed by atoms with Crippen molar-refractivity contribution in [1.82, 2.24) is 9.55 Å². The van der Waals surface area contributed by atoms with E-state index in [9.17, 15) is 0 Å². The van der Waals surface area contributed by atoms with Gasteiger partial charge in [0.25, 0.3) is 0 Å². The molecule has 0 saturated carbocycles. The third-order valence-electron chi connectivity index (χ3n) is 2.27. The molecule has 11 heavy (non-hydrogen) atoms. The summed E-state index contributed by atoms with van der Waals surface area (Å²) in [6, 6.07) is 0. The van der Waals surface area contributed by atoms with Gasteiger partial charge in [-0.2, -0.15) is 0 Å². The van der Waals surface area contributed by atoms with Gasteiger partial charge in [-0.15, -0.1) is 0 Å². The maximum Gasteiger partial charge on any atom is 0.141 e. The van der Waals surface area contributed by atoms with Gasteiger partial charge >= 0.3 is 0 Å². The molecule has 1 aromatic rings. The third kappa shape index (κ3) is 1.11. The maximum atomic E-state index is 5.57. The van der Waals surface area contributed by atoms with Crippen LogP contribution in [-0.4, -0.2) is 9.55 Å². The second-order valence-corrected chi connectivity index (χ2v) is 3.37. The SMILES string of the molecule is C[C@H]1CCn2cc(N)nc2C1. The van der Waals surface area contributed by atoms with Crippen molar-refractivity contribution in [3.8, 4) is 0 Å². The van der Waals surface area contributed by atoms with Crippen molar-refractivity contribution in [2.45, 2.75) is 26.3 Å². The molecule has 60 valence electrons. The van der Waals surface area contributed by atoms with Crippen LogP contribution in [0.2, 0.25) is 0 Å². The Morgan fingerprint density at radius 1 is 1.73 bits per heavy atom. The fourth-order valence-corrected chi connectivity index (χ4v) is 1.61. The molecular weight excluding hydrogens is 138 g/mol. The first kappa shape index (κ1) is 6.70. The lowest BCUT2D eigenvalue weighted by molar-refractivity contribution is 0.409. The molecule has 0 radical (unpaired) electrons. The number of hydrogen-bond acceptors (Lipinski definition) is 2. The van der Waals surface area contributed by atoms with Gasteiger partial charge in [-0.1, -0.05) is 6.92 Å². The van der Waals surface area contributed by atoms with Crippen molar-refractivity contribution in [3.63, 3.8) is 0 Å². The summed E-state index contributed by atoms with van der Waals surface area (Å²) in [6.45, 7) is 3.34. The molecule has 3 nitrogen and oxygen atoms in total. The third-order valence-corrected chi connectivity index (χ3v) is 2.27. The topological polar surface area (TPSA) is 43.8 Å². The average molecular weight is 151 g/mol. The van der Waals surface area contributed by atoms with Crippen molar-refractivity contribution < 1.29 is 0 Å². The van der Waals surface area contributed by atoms with Crippen LogP contribution in [0, 0.1) is 5.92 Å². The van der Waals surface area contributed by atoms with Gasteiger partial charge in [-0.3, -0.25) is 0 Å². The monoisotopic (exact) mass is 151 g/mol. The number of nitrogens with zero attached hydrogens (tertiary/aromatic N) is 2. The quantitative estimate of drug-likeness (QED) is 0.602. The molecule has 2 N–H and O–H groups in total. The summed E-state index contributed by atoms with van der Waals surface area (Å²) in [5.41, 5.74) is 5.57. The normalized spacial score (nSPS) is 23.2.